The van der Waals surface area contributed by atoms with Gasteiger partial charge in [0.25, 0.3) is 0 Å². The number of carbonyl (C=O) groups is 1. The molecule has 4 unspecified atom stereocenters. The molecule has 1 amide bonds. The molecule has 2 saturated heterocycles. The summed E-state index contributed by atoms with van der Waals surface area (Å²) in [4.78, 5) is 13.9. The summed E-state index contributed by atoms with van der Waals surface area (Å²) in [6.45, 7) is 0.112. The number of fused-ring (bicyclic) bond motifs is 4. The molecule has 2 aliphatic heterocycles. The molecule has 5 rings (SSSR count). The predicted molar refractivity (Wildman–Crippen MR) is 96.2 cm³/mol. The largest absolute Gasteiger partial charge is 0.448 e. The van der Waals surface area contributed by atoms with E-state index in [9.17, 15) is 14.3 Å². The molecule has 2 fully saturated rings. The first kappa shape index (κ1) is 16.7. The fraction of sp³-hybridized carbons (Fsp3) is 0.381. The smallest absolute Gasteiger partial charge is 0.410 e. The van der Waals surface area contributed by atoms with Gasteiger partial charge in [-0.15, -0.1) is 0 Å². The molecular formula is C21H20FNO4. The van der Waals surface area contributed by atoms with Crippen LogP contribution in [0.25, 0.3) is 11.1 Å². The van der Waals surface area contributed by atoms with E-state index in [0.717, 1.165) is 22.3 Å². The summed E-state index contributed by atoms with van der Waals surface area (Å²) in [5, 5.41) is 10.0. The number of benzene rings is 2. The molecule has 2 aromatic carbocycles. The number of amides is 1. The number of aliphatic hydroxyl groups excluding tert-OH is 1. The lowest BCUT2D eigenvalue weighted by atomic mass is 9.98. The molecule has 0 bridgehead atoms. The molecule has 6 heteroatoms. The van der Waals surface area contributed by atoms with Gasteiger partial charge in [-0.25, -0.2) is 9.18 Å². The van der Waals surface area contributed by atoms with E-state index >= 15 is 0 Å². The van der Waals surface area contributed by atoms with Crippen LogP contribution in [-0.2, 0) is 9.47 Å². The molecule has 0 saturated carbocycles. The lowest BCUT2D eigenvalue weighted by Crippen LogP contribution is -2.44. The predicted octanol–water partition coefficient (Wildman–Crippen LogP) is 2.72. The SMILES string of the molecule is O=C(OCC1c2ccccc2-c2ccccc21)N1CC(F)C2OCC(O)C21. The molecule has 27 heavy (non-hydrogen) atoms. The van der Waals surface area contributed by atoms with E-state index in [1.165, 1.54) is 4.90 Å². The molecule has 1 N–H and O–H groups in total. The summed E-state index contributed by atoms with van der Waals surface area (Å²) in [5.41, 5.74) is 4.55. The molecular weight excluding hydrogens is 349 g/mol. The van der Waals surface area contributed by atoms with Crippen molar-refractivity contribution in [3.63, 3.8) is 0 Å². The topological polar surface area (TPSA) is 59.0 Å². The summed E-state index contributed by atoms with van der Waals surface area (Å²) in [6.07, 6.45) is -3.54. The number of rotatable bonds is 2. The molecule has 4 atom stereocenters. The highest BCUT2D eigenvalue weighted by Gasteiger charge is 2.53. The van der Waals surface area contributed by atoms with Crippen molar-refractivity contribution in [3.05, 3.63) is 59.7 Å². The zero-order valence-electron chi connectivity index (χ0n) is 14.6. The molecule has 0 spiro atoms. The Morgan fingerprint density at radius 1 is 1.15 bits per heavy atom. The molecule has 1 aliphatic carbocycles. The molecule has 0 radical (unpaired) electrons. The van der Waals surface area contributed by atoms with Crippen LogP contribution in [0.5, 0.6) is 0 Å². The fourth-order valence-corrected chi connectivity index (χ4v) is 4.62. The maximum Gasteiger partial charge on any atom is 0.410 e. The van der Waals surface area contributed by atoms with Gasteiger partial charge in [-0.3, -0.25) is 4.90 Å². The first-order valence-electron chi connectivity index (χ1n) is 9.20. The number of nitrogens with zero attached hydrogens (tertiary/aromatic N) is 1. The van der Waals surface area contributed by atoms with Crippen LogP contribution >= 0.6 is 0 Å². The summed E-state index contributed by atoms with van der Waals surface area (Å²) in [6, 6.07) is 15.5. The molecule has 0 aromatic heterocycles. The van der Waals surface area contributed by atoms with E-state index in [-0.39, 0.29) is 25.7 Å². The standard InChI is InChI=1S/C21H20FNO4/c22-17-9-23(19-18(24)11-26-20(17)19)21(25)27-10-16-14-7-3-1-5-12(14)13-6-2-4-8-15(13)16/h1-8,16-20,24H,9-11H2. The number of carbonyl (C=O) groups excluding carboxylic acids is 1. The van der Waals surface area contributed by atoms with Gasteiger partial charge in [0, 0.05) is 5.92 Å². The monoisotopic (exact) mass is 369 g/mol. The maximum atomic E-state index is 14.1. The number of ether oxygens (including phenoxy) is 2. The van der Waals surface area contributed by atoms with Crippen molar-refractivity contribution in [2.75, 3.05) is 19.8 Å². The average Bonchev–Trinajstić information content (AvgIpc) is 3.33. The molecule has 3 aliphatic rings. The summed E-state index contributed by atoms with van der Waals surface area (Å²) in [7, 11) is 0. The van der Waals surface area contributed by atoms with Gasteiger partial charge in [0.15, 0.2) is 0 Å². The van der Waals surface area contributed by atoms with E-state index < -0.39 is 30.5 Å². The van der Waals surface area contributed by atoms with E-state index in [4.69, 9.17) is 9.47 Å². The van der Waals surface area contributed by atoms with Crippen molar-refractivity contribution in [2.24, 2.45) is 0 Å². The van der Waals surface area contributed by atoms with Crippen LogP contribution in [0.4, 0.5) is 9.18 Å². The van der Waals surface area contributed by atoms with Gasteiger partial charge in [-0.1, -0.05) is 48.5 Å². The normalized spacial score (nSPS) is 28.7. The second-order valence-electron chi connectivity index (χ2n) is 7.33. The van der Waals surface area contributed by atoms with Gasteiger partial charge in [0.05, 0.1) is 19.2 Å². The molecule has 5 nitrogen and oxygen atoms in total. The third-order valence-corrected chi connectivity index (χ3v) is 5.85. The lowest BCUT2D eigenvalue weighted by molar-refractivity contribution is 0.0465. The van der Waals surface area contributed by atoms with E-state index in [0.29, 0.717) is 0 Å². The van der Waals surface area contributed by atoms with E-state index in [1.54, 1.807) is 0 Å². The van der Waals surface area contributed by atoms with Crippen molar-refractivity contribution in [2.45, 2.75) is 30.3 Å². The summed E-state index contributed by atoms with van der Waals surface area (Å²) < 4.78 is 25.0. The van der Waals surface area contributed by atoms with Gasteiger partial charge in [-0.2, -0.15) is 0 Å². The van der Waals surface area contributed by atoms with Crippen LogP contribution in [0.15, 0.2) is 48.5 Å². The van der Waals surface area contributed by atoms with Crippen LogP contribution < -0.4 is 0 Å². The minimum absolute atomic E-state index is 0.0446. The highest BCUT2D eigenvalue weighted by atomic mass is 19.1. The number of hydrogen-bond donors (Lipinski definition) is 1. The highest BCUT2D eigenvalue weighted by Crippen LogP contribution is 2.44. The minimum Gasteiger partial charge on any atom is -0.448 e. The Hall–Kier alpha value is -2.44. The first-order chi connectivity index (χ1) is 13.1. The Balaban J connectivity index is 1.35. The zero-order chi connectivity index (χ0) is 18.5. The molecule has 2 aromatic rings. The number of likely N-dealkylation sites (tertiary alicyclic amines) is 1. The first-order valence-corrected chi connectivity index (χ1v) is 9.20. The van der Waals surface area contributed by atoms with Gasteiger partial charge >= 0.3 is 6.09 Å². The number of halogens is 1. The third kappa shape index (κ3) is 2.55. The van der Waals surface area contributed by atoms with Gasteiger partial charge in [0.1, 0.15) is 25.0 Å². The quantitative estimate of drug-likeness (QED) is 0.884. The van der Waals surface area contributed by atoms with Crippen LogP contribution in [0, 0.1) is 0 Å². The Bertz CT molecular complexity index is 842. The van der Waals surface area contributed by atoms with Crippen LogP contribution in [0.2, 0.25) is 0 Å². The van der Waals surface area contributed by atoms with Gasteiger partial charge < -0.3 is 14.6 Å². The van der Waals surface area contributed by atoms with Crippen molar-refractivity contribution in [1.29, 1.82) is 0 Å². The lowest BCUT2D eigenvalue weighted by Gasteiger charge is -2.25. The summed E-state index contributed by atoms with van der Waals surface area (Å²) >= 11 is 0. The zero-order valence-corrected chi connectivity index (χ0v) is 14.6. The van der Waals surface area contributed by atoms with Crippen LogP contribution in [0.1, 0.15) is 17.0 Å². The minimum atomic E-state index is -1.30. The Morgan fingerprint density at radius 2 is 1.78 bits per heavy atom. The Morgan fingerprint density at radius 3 is 2.44 bits per heavy atom. The van der Waals surface area contributed by atoms with E-state index in [1.807, 2.05) is 36.4 Å². The van der Waals surface area contributed by atoms with Crippen molar-refractivity contribution < 1.29 is 23.8 Å². The second kappa shape index (κ2) is 6.32. The van der Waals surface area contributed by atoms with Crippen molar-refractivity contribution >= 4 is 6.09 Å². The van der Waals surface area contributed by atoms with Gasteiger partial charge in [0.2, 0.25) is 0 Å². The van der Waals surface area contributed by atoms with Crippen molar-refractivity contribution in [3.8, 4) is 11.1 Å². The Kier molecular flexibility index (Phi) is 3.91. The maximum absolute atomic E-state index is 14.1. The fourth-order valence-electron chi connectivity index (χ4n) is 4.62. The second-order valence-corrected chi connectivity index (χ2v) is 7.33. The number of hydrogen-bond acceptors (Lipinski definition) is 4. The number of alkyl halides is 1. The number of aliphatic hydroxyl groups is 1. The summed E-state index contributed by atoms with van der Waals surface area (Å²) in [5.74, 6) is -0.0503. The van der Waals surface area contributed by atoms with E-state index in [2.05, 4.69) is 12.1 Å². The highest BCUT2D eigenvalue weighted by molar-refractivity contribution is 5.79. The van der Waals surface area contributed by atoms with Gasteiger partial charge in [-0.05, 0) is 22.3 Å². The van der Waals surface area contributed by atoms with Crippen LogP contribution in [-0.4, -0.2) is 60.3 Å². The van der Waals surface area contributed by atoms with Crippen LogP contribution in [0.3, 0.4) is 0 Å². The Labute approximate surface area is 156 Å². The third-order valence-electron chi connectivity index (χ3n) is 5.85. The van der Waals surface area contributed by atoms with Crippen molar-refractivity contribution in [1.82, 2.24) is 4.90 Å². The average molecular weight is 369 g/mol. The molecule has 140 valence electrons. The molecule has 2 heterocycles.